The minimum absolute atomic E-state index is 0.0877. The van der Waals surface area contributed by atoms with Gasteiger partial charge < -0.3 is 10.6 Å². The van der Waals surface area contributed by atoms with E-state index in [0.717, 1.165) is 17.3 Å². The van der Waals surface area contributed by atoms with Crippen molar-refractivity contribution in [3.05, 3.63) is 29.2 Å². The SMILES string of the molecule is CNc1nc(NCc2cnn(C)c2C)cc(C(F)(F)F)n1. The Bertz CT molecular complexity index is 634. The molecule has 2 heterocycles. The average molecular weight is 300 g/mol. The number of alkyl halides is 3. The van der Waals surface area contributed by atoms with Crippen LogP contribution in [-0.2, 0) is 19.8 Å². The molecule has 0 saturated heterocycles. The molecule has 0 unspecified atom stereocenters. The van der Waals surface area contributed by atoms with Gasteiger partial charge in [0.2, 0.25) is 5.95 Å². The Balaban J connectivity index is 2.21. The van der Waals surface area contributed by atoms with E-state index in [2.05, 4.69) is 25.7 Å². The lowest BCUT2D eigenvalue weighted by molar-refractivity contribution is -0.141. The van der Waals surface area contributed by atoms with Crippen LogP contribution < -0.4 is 10.6 Å². The molecular weight excluding hydrogens is 285 g/mol. The normalized spacial score (nSPS) is 11.5. The first-order valence-corrected chi connectivity index (χ1v) is 6.16. The first-order chi connectivity index (χ1) is 9.81. The van der Waals surface area contributed by atoms with E-state index in [4.69, 9.17) is 0 Å². The summed E-state index contributed by atoms with van der Waals surface area (Å²) in [6, 6.07) is 0.881. The van der Waals surface area contributed by atoms with E-state index in [9.17, 15) is 13.2 Å². The Kier molecular flexibility index (Phi) is 4.01. The van der Waals surface area contributed by atoms with Gasteiger partial charge in [-0.05, 0) is 6.92 Å². The van der Waals surface area contributed by atoms with E-state index in [1.165, 1.54) is 7.05 Å². The Morgan fingerprint density at radius 1 is 1.29 bits per heavy atom. The van der Waals surface area contributed by atoms with Crippen LogP contribution in [-0.4, -0.2) is 26.8 Å². The van der Waals surface area contributed by atoms with Crippen molar-refractivity contribution in [3.63, 3.8) is 0 Å². The predicted molar refractivity (Wildman–Crippen MR) is 71.9 cm³/mol. The standard InChI is InChI=1S/C12H15F3N6/c1-7-8(6-18-21(7)3)5-17-10-4-9(12(13,14)15)19-11(16-2)20-10/h4,6H,5H2,1-3H3,(H2,16,17,19,20). The topological polar surface area (TPSA) is 67.7 Å². The molecule has 0 aromatic carbocycles. The zero-order valence-corrected chi connectivity index (χ0v) is 11.8. The van der Waals surface area contributed by atoms with Crippen molar-refractivity contribution < 1.29 is 13.2 Å². The first-order valence-electron chi connectivity index (χ1n) is 6.16. The third-order valence-electron chi connectivity index (χ3n) is 3.04. The van der Waals surface area contributed by atoms with Crippen LogP contribution in [0.15, 0.2) is 12.3 Å². The number of hydrogen-bond donors (Lipinski definition) is 2. The van der Waals surface area contributed by atoms with E-state index < -0.39 is 11.9 Å². The van der Waals surface area contributed by atoms with Gasteiger partial charge in [-0.15, -0.1) is 0 Å². The summed E-state index contributed by atoms with van der Waals surface area (Å²) in [4.78, 5) is 7.35. The van der Waals surface area contributed by atoms with Crippen molar-refractivity contribution in [1.82, 2.24) is 19.7 Å². The Morgan fingerprint density at radius 2 is 2.00 bits per heavy atom. The van der Waals surface area contributed by atoms with Crippen molar-refractivity contribution in [1.29, 1.82) is 0 Å². The molecule has 6 nitrogen and oxygen atoms in total. The maximum atomic E-state index is 12.8. The van der Waals surface area contributed by atoms with Crippen LogP contribution in [0.4, 0.5) is 24.9 Å². The highest BCUT2D eigenvalue weighted by molar-refractivity contribution is 5.43. The van der Waals surface area contributed by atoms with E-state index in [1.54, 1.807) is 17.9 Å². The zero-order valence-electron chi connectivity index (χ0n) is 11.8. The minimum atomic E-state index is -4.52. The number of nitrogens with one attached hydrogen (secondary N) is 2. The molecule has 9 heteroatoms. The van der Waals surface area contributed by atoms with Gasteiger partial charge in [0.15, 0.2) is 5.69 Å². The number of anilines is 2. The summed E-state index contributed by atoms with van der Waals surface area (Å²) in [6.45, 7) is 2.21. The molecule has 0 saturated carbocycles. The van der Waals surface area contributed by atoms with E-state index >= 15 is 0 Å². The average Bonchev–Trinajstić information content (AvgIpc) is 2.75. The molecule has 0 atom stereocenters. The number of nitrogens with zero attached hydrogens (tertiary/aromatic N) is 4. The molecule has 0 amide bonds. The Morgan fingerprint density at radius 3 is 2.52 bits per heavy atom. The molecule has 0 spiro atoms. The van der Waals surface area contributed by atoms with Gasteiger partial charge in [0, 0.05) is 38.0 Å². The van der Waals surface area contributed by atoms with Crippen LogP contribution in [0.1, 0.15) is 17.0 Å². The van der Waals surface area contributed by atoms with Crippen LogP contribution >= 0.6 is 0 Å². The summed E-state index contributed by atoms with van der Waals surface area (Å²) < 4.78 is 40.0. The van der Waals surface area contributed by atoms with E-state index in [0.29, 0.717) is 6.54 Å². The summed E-state index contributed by atoms with van der Waals surface area (Å²) in [7, 11) is 3.26. The molecule has 2 aromatic rings. The smallest absolute Gasteiger partial charge is 0.366 e. The van der Waals surface area contributed by atoms with Crippen LogP contribution in [0, 0.1) is 6.92 Å². The predicted octanol–water partition coefficient (Wildman–Crippen LogP) is 2.19. The van der Waals surface area contributed by atoms with Crippen molar-refractivity contribution in [2.45, 2.75) is 19.6 Å². The summed E-state index contributed by atoms with van der Waals surface area (Å²) >= 11 is 0. The van der Waals surface area contributed by atoms with Gasteiger partial charge >= 0.3 is 6.18 Å². The van der Waals surface area contributed by atoms with Crippen LogP contribution in [0.2, 0.25) is 0 Å². The fraction of sp³-hybridized carbons (Fsp3) is 0.417. The molecule has 2 N–H and O–H groups in total. The Labute approximate surface area is 119 Å². The molecule has 0 aliphatic heterocycles. The highest BCUT2D eigenvalue weighted by Crippen LogP contribution is 2.29. The van der Waals surface area contributed by atoms with Gasteiger partial charge in [0.1, 0.15) is 5.82 Å². The number of halogens is 3. The molecular formula is C12H15F3N6. The van der Waals surface area contributed by atoms with Crippen LogP contribution in [0.25, 0.3) is 0 Å². The molecule has 0 radical (unpaired) electrons. The molecule has 21 heavy (non-hydrogen) atoms. The quantitative estimate of drug-likeness (QED) is 0.906. The van der Waals surface area contributed by atoms with Gasteiger partial charge in [0.25, 0.3) is 0 Å². The van der Waals surface area contributed by atoms with Gasteiger partial charge in [-0.25, -0.2) is 4.98 Å². The molecule has 0 bridgehead atoms. The second kappa shape index (κ2) is 5.58. The van der Waals surface area contributed by atoms with E-state index in [-0.39, 0.29) is 11.8 Å². The van der Waals surface area contributed by atoms with Gasteiger partial charge in [-0.1, -0.05) is 0 Å². The third kappa shape index (κ3) is 3.41. The molecule has 2 rings (SSSR count). The summed E-state index contributed by atoms with van der Waals surface area (Å²) in [5.74, 6) is 0.0140. The maximum absolute atomic E-state index is 12.8. The highest BCUT2D eigenvalue weighted by Gasteiger charge is 2.33. The zero-order chi connectivity index (χ0) is 15.6. The fourth-order valence-electron chi connectivity index (χ4n) is 1.70. The number of aromatic nitrogens is 4. The molecule has 0 fully saturated rings. The third-order valence-corrected chi connectivity index (χ3v) is 3.04. The monoisotopic (exact) mass is 300 g/mol. The summed E-state index contributed by atoms with van der Waals surface area (Å²) in [5.41, 5.74) is 0.823. The molecule has 2 aromatic heterocycles. The van der Waals surface area contributed by atoms with Crippen molar-refractivity contribution >= 4 is 11.8 Å². The summed E-state index contributed by atoms with van der Waals surface area (Å²) in [5, 5.41) is 9.44. The first kappa shape index (κ1) is 15.1. The number of rotatable bonds is 4. The lowest BCUT2D eigenvalue weighted by Crippen LogP contribution is -2.13. The minimum Gasteiger partial charge on any atom is -0.366 e. The highest BCUT2D eigenvalue weighted by atomic mass is 19.4. The number of aryl methyl sites for hydroxylation is 1. The fourth-order valence-corrected chi connectivity index (χ4v) is 1.70. The number of hydrogen-bond acceptors (Lipinski definition) is 5. The Hall–Kier alpha value is -2.32. The largest absolute Gasteiger partial charge is 0.433 e. The van der Waals surface area contributed by atoms with Crippen LogP contribution in [0.5, 0.6) is 0 Å². The lowest BCUT2D eigenvalue weighted by atomic mass is 10.2. The van der Waals surface area contributed by atoms with E-state index in [1.807, 2.05) is 6.92 Å². The maximum Gasteiger partial charge on any atom is 0.433 e. The van der Waals surface area contributed by atoms with Crippen molar-refractivity contribution in [2.75, 3.05) is 17.7 Å². The summed E-state index contributed by atoms with van der Waals surface area (Å²) in [6.07, 6.45) is -2.86. The molecule has 0 aliphatic carbocycles. The van der Waals surface area contributed by atoms with Crippen molar-refractivity contribution in [3.8, 4) is 0 Å². The molecule has 114 valence electrons. The second-order valence-electron chi connectivity index (χ2n) is 4.44. The molecule has 0 aliphatic rings. The van der Waals surface area contributed by atoms with Gasteiger partial charge in [-0.3, -0.25) is 4.68 Å². The second-order valence-corrected chi connectivity index (χ2v) is 4.44. The van der Waals surface area contributed by atoms with Crippen molar-refractivity contribution in [2.24, 2.45) is 7.05 Å². The van der Waals surface area contributed by atoms with Gasteiger partial charge in [0.05, 0.1) is 6.20 Å². The lowest BCUT2D eigenvalue weighted by Gasteiger charge is -2.11. The van der Waals surface area contributed by atoms with Crippen LogP contribution in [0.3, 0.4) is 0 Å². The van der Waals surface area contributed by atoms with Gasteiger partial charge in [-0.2, -0.15) is 23.3 Å².